The van der Waals surface area contributed by atoms with Gasteiger partial charge in [0.2, 0.25) is 0 Å². The molecule has 0 N–H and O–H groups in total. The first kappa shape index (κ1) is 15.4. The second-order valence-electron chi connectivity index (χ2n) is 3.18. The van der Waals surface area contributed by atoms with Gasteiger partial charge in [-0.05, 0) is 22.0 Å². The van der Waals surface area contributed by atoms with Gasteiger partial charge in [-0.3, -0.25) is 0 Å². The lowest BCUT2D eigenvalue weighted by Gasteiger charge is -2.18. The number of ether oxygens (including phenoxy) is 1. The van der Waals surface area contributed by atoms with Gasteiger partial charge in [0.15, 0.2) is 0 Å². The Balaban J connectivity index is 2.99. The van der Waals surface area contributed by atoms with Crippen LogP contribution in [0.1, 0.15) is 6.92 Å². The molecule has 0 atom stereocenters. The summed E-state index contributed by atoms with van der Waals surface area (Å²) in [5, 5.41) is 0.413. The SMILES string of the molecule is CCN(CCOC)S(=O)(=O)c1cc(Cl)c(Br)s1. The normalized spacial score (nSPS) is 12.3. The van der Waals surface area contributed by atoms with Gasteiger partial charge in [0.1, 0.15) is 4.21 Å². The number of rotatable bonds is 6. The minimum Gasteiger partial charge on any atom is -0.383 e. The van der Waals surface area contributed by atoms with Gasteiger partial charge in [-0.2, -0.15) is 4.31 Å². The van der Waals surface area contributed by atoms with Gasteiger partial charge in [-0.1, -0.05) is 18.5 Å². The number of thiophene rings is 1. The zero-order valence-corrected chi connectivity index (χ0v) is 13.4. The molecule has 0 fully saturated rings. The molecule has 0 aliphatic heterocycles. The largest absolute Gasteiger partial charge is 0.383 e. The van der Waals surface area contributed by atoms with Crippen molar-refractivity contribution in [3.63, 3.8) is 0 Å². The number of hydrogen-bond acceptors (Lipinski definition) is 4. The van der Waals surface area contributed by atoms with E-state index < -0.39 is 10.0 Å². The summed E-state index contributed by atoms with van der Waals surface area (Å²) in [4.78, 5) is 0. The molecule has 0 spiro atoms. The standard InChI is InChI=1S/C9H13BrClNO3S2/c1-3-12(4-5-15-2)17(13,14)8-6-7(11)9(10)16-8/h6H,3-5H2,1-2H3. The van der Waals surface area contributed by atoms with Crippen LogP contribution in [0.15, 0.2) is 14.1 Å². The highest BCUT2D eigenvalue weighted by Crippen LogP contribution is 2.35. The summed E-state index contributed by atoms with van der Waals surface area (Å²) in [5.74, 6) is 0. The molecule has 0 saturated carbocycles. The van der Waals surface area contributed by atoms with Gasteiger partial charge in [-0.15, -0.1) is 11.3 Å². The highest BCUT2D eigenvalue weighted by Gasteiger charge is 2.25. The molecule has 0 amide bonds. The van der Waals surface area contributed by atoms with E-state index >= 15 is 0 Å². The predicted molar refractivity (Wildman–Crippen MR) is 73.3 cm³/mol. The number of hydrogen-bond donors (Lipinski definition) is 0. The maximum Gasteiger partial charge on any atom is 0.252 e. The van der Waals surface area contributed by atoms with Crippen molar-refractivity contribution >= 4 is 48.9 Å². The van der Waals surface area contributed by atoms with Crippen LogP contribution in [0.5, 0.6) is 0 Å². The van der Waals surface area contributed by atoms with E-state index in [1.54, 1.807) is 14.0 Å². The third-order valence-corrected chi connectivity index (χ3v) is 7.01. The average Bonchev–Trinajstić information content (AvgIpc) is 2.61. The molecule has 0 radical (unpaired) electrons. The van der Waals surface area contributed by atoms with Crippen LogP contribution in [-0.2, 0) is 14.8 Å². The quantitative estimate of drug-likeness (QED) is 0.782. The number of likely N-dealkylation sites (N-methyl/N-ethyl adjacent to an activating group) is 1. The molecule has 0 unspecified atom stereocenters. The number of sulfonamides is 1. The van der Waals surface area contributed by atoms with Gasteiger partial charge >= 0.3 is 0 Å². The second-order valence-corrected chi connectivity index (χ2v) is 8.12. The van der Waals surface area contributed by atoms with E-state index in [1.165, 1.54) is 10.4 Å². The molecular formula is C9H13BrClNO3S2. The highest BCUT2D eigenvalue weighted by atomic mass is 79.9. The van der Waals surface area contributed by atoms with Crippen LogP contribution in [-0.4, -0.2) is 39.5 Å². The second kappa shape index (κ2) is 6.49. The molecule has 1 rings (SSSR count). The number of nitrogens with zero attached hydrogens (tertiary/aromatic N) is 1. The molecule has 0 saturated heterocycles. The molecule has 8 heteroatoms. The van der Waals surface area contributed by atoms with Crippen LogP contribution in [0.25, 0.3) is 0 Å². The lowest BCUT2D eigenvalue weighted by Crippen LogP contribution is -2.33. The average molecular weight is 363 g/mol. The van der Waals surface area contributed by atoms with E-state index in [9.17, 15) is 8.42 Å². The van der Waals surface area contributed by atoms with Gasteiger partial charge in [0, 0.05) is 20.2 Å². The van der Waals surface area contributed by atoms with Gasteiger partial charge < -0.3 is 4.74 Å². The lowest BCUT2D eigenvalue weighted by molar-refractivity contribution is 0.180. The molecule has 17 heavy (non-hydrogen) atoms. The Bertz CT molecular complexity index is 455. The van der Waals surface area contributed by atoms with Crippen molar-refractivity contribution in [1.29, 1.82) is 0 Å². The zero-order chi connectivity index (χ0) is 13.1. The monoisotopic (exact) mass is 361 g/mol. The van der Waals surface area contributed by atoms with Crippen molar-refractivity contribution in [2.75, 3.05) is 26.8 Å². The Morgan fingerprint density at radius 1 is 1.59 bits per heavy atom. The van der Waals surface area contributed by atoms with E-state index in [-0.39, 0.29) is 4.21 Å². The van der Waals surface area contributed by atoms with Crippen LogP contribution in [0.3, 0.4) is 0 Å². The molecule has 0 aliphatic carbocycles. The Labute approximate surface area is 119 Å². The van der Waals surface area contributed by atoms with Crippen molar-refractivity contribution in [3.05, 3.63) is 14.9 Å². The maximum absolute atomic E-state index is 12.2. The number of halogens is 2. The van der Waals surface area contributed by atoms with Crippen molar-refractivity contribution in [3.8, 4) is 0 Å². The molecule has 4 nitrogen and oxygen atoms in total. The Morgan fingerprint density at radius 3 is 2.65 bits per heavy atom. The fourth-order valence-electron chi connectivity index (χ4n) is 1.22. The van der Waals surface area contributed by atoms with Crippen LogP contribution in [0.4, 0.5) is 0 Å². The van der Waals surface area contributed by atoms with Crippen LogP contribution < -0.4 is 0 Å². The minimum absolute atomic E-state index is 0.243. The Hall–Kier alpha value is 0.340. The fraction of sp³-hybridized carbons (Fsp3) is 0.556. The third kappa shape index (κ3) is 3.65. The van der Waals surface area contributed by atoms with Crippen molar-refractivity contribution in [2.45, 2.75) is 11.1 Å². The summed E-state index contributed by atoms with van der Waals surface area (Å²) in [6, 6.07) is 1.46. The van der Waals surface area contributed by atoms with E-state index in [0.717, 1.165) is 11.3 Å². The van der Waals surface area contributed by atoms with Crippen LogP contribution in [0, 0.1) is 0 Å². The molecule has 0 bridgehead atoms. The van der Waals surface area contributed by atoms with Crippen LogP contribution >= 0.6 is 38.9 Å². The summed E-state index contributed by atoms with van der Waals surface area (Å²) >= 11 is 10.2. The smallest absolute Gasteiger partial charge is 0.252 e. The highest BCUT2D eigenvalue weighted by molar-refractivity contribution is 9.11. The Morgan fingerprint density at radius 2 is 2.24 bits per heavy atom. The number of methoxy groups -OCH3 is 1. The predicted octanol–water partition coefficient (Wildman–Crippen LogP) is 2.82. The van der Waals surface area contributed by atoms with Crippen molar-refractivity contribution in [1.82, 2.24) is 4.31 Å². The molecular weight excluding hydrogens is 350 g/mol. The van der Waals surface area contributed by atoms with E-state index in [2.05, 4.69) is 15.9 Å². The Kier molecular flexibility index (Phi) is 5.88. The van der Waals surface area contributed by atoms with Crippen molar-refractivity contribution in [2.24, 2.45) is 0 Å². The summed E-state index contributed by atoms with van der Waals surface area (Å²) in [6.45, 7) is 2.89. The fourth-order valence-corrected chi connectivity index (χ4v) is 5.21. The van der Waals surface area contributed by atoms with E-state index in [0.29, 0.717) is 28.5 Å². The molecule has 0 aliphatic rings. The summed E-state index contributed by atoms with van der Waals surface area (Å²) in [7, 11) is -1.93. The first-order valence-corrected chi connectivity index (χ1v) is 8.30. The summed E-state index contributed by atoms with van der Waals surface area (Å²) in [6.07, 6.45) is 0. The first-order valence-electron chi connectivity index (χ1n) is 4.87. The third-order valence-electron chi connectivity index (χ3n) is 2.11. The van der Waals surface area contributed by atoms with Crippen molar-refractivity contribution < 1.29 is 13.2 Å². The summed E-state index contributed by atoms with van der Waals surface area (Å²) in [5.41, 5.74) is 0. The summed E-state index contributed by atoms with van der Waals surface area (Å²) < 4.78 is 31.6. The molecule has 1 aromatic rings. The van der Waals surface area contributed by atoms with Gasteiger partial charge in [0.25, 0.3) is 10.0 Å². The van der Waals surface area contributed by atoms with Gasteiger partial charge in [0.05, 0.1) is 15.4 Å². The first-order chi connectivity index (χ1) is 7.93. The molecule has 1 aromatic heterocycles. The molecule has 1 heterocycles. The molecule has 98 valence electrons. The minimum atomic E-state index is -3.47. The molecule has 0 aromatic carbocycles. The lowest BCUT2D eigenvalue weighted by atomic mass is 10.6. The maximum atomic E-state index is 12.2. The van der Waals surface area contributed by atoms with E-state index in [1.807, 2.05) is 0 Å². The topological polar surface area (TPSA) is 46.6 Å². The van der Waals surface area contributed by atoms with E-state index in [4.69, 9.17) is 16.3 Å². The van der Waals surface area contributed by atoms with Gasteiger partial charge in [-0.25, -0.2) is 8.42 Å². The zero-order valence-electron chi connectivity index (χ0n) is 9.44. The van der Waals surface area contributed by atoms with Crippen LogP contribution in [0.2, 0.25) is 5.02 Å².